The van der Waals surface area contributed by atoms with Crippen molar-refractivity contribution in [3.63, 3.8) is 0 Å². The van der Waals surface area contributed by atoms with Crippen LogP contribution in [0.5, 0.6) is 5.75 Å². The van der Waals surface area contributed by atoms with Crippen molar-refractivity contribution in [3.8, 4) is 5.75 Å². The van der Waals surface area contributed by atoms with Gasteiger partial charge in [0.1, 0.15) is 5.75 Å². The summed E-state index contributed by atoms with van der Waals surface area (Å²) in [5.41, 5.74) is 0.933. The third-order valence-electron chi connectivity index (χ3n) is 4.28. The zero-order valence-electron chi connectivity index (χ0n) is 13.0. The molecule has 5 atom stereocenters. The highest BCUT2D eigenvalue weighted by molar-refractivity contribution is 5.29. The Kier molecular flexibility index (Phi) is 4.71. The highest BCUT2D eigenvalue weighted by Crippen LogP contribution is 2.40. The van der Waals surface area contributed by atoms with E-state index in [2.05, 4.69) is 13.8 Å². The zero-order valence-corrected chi connectivity index (χ0v) is 13.0. The van der Waals surface area contributed by atoms with Crippen LogP contribution in [-0.4, -0.2) is 23.4 Å². The lowest BCUT2D eigenvalue weighted by atomic mass is 9.82. The molecular weight excluding hydrogens is 252 g/mol. The molecule has 5 unspecified atom stereocenters. The molecule has 1 aliphatic heterocycles. The van der Waals surface area contributed by atoms with Crippen LogP contribution in [0.15, 0.2) is 24.3 Å². The lowest BCUT2D eigenvalue weighted by Crippen LogP contribution is -2.24. The molecule has 0 spiro atoms. The molecule has 20 heavy (non-hydrogen) atoms. The Labute approximate surface area is 121 Å². The first-order valence-electron chi connectivity index (χ1n) is 7.50. The molecule has 0 saturated carbocycles. The minimum atomic E-state index is -0.488. The second-order valence-corrected chi connectivity index (χ2v) is 6.16. The summed E-state index contributed by atoms with van der Waals surface area (Å²) in [5, 5.41) is 10.6. The van der Waals surface area contributed by atoms with Crippen LogP contribution < -0.4 is 4.74 Å². The molecule has 1 saturated heterocycles. The van der Waals surface area contributed by atoms with Crippen LogP contribution in [0, 0.1) is 11.8 Å². The van der Waals surface area contributed by atoms with Crippen LogP contribution >= 0.6 is 0 Å². The SMILES string of the molecule is CC(C)Oc1ccc(C(O)C2C(C)OC(C)C2C)cc1. The molecule has 2 rings (SSSR count). The average molecular weight is 278 g/mol. The molecule has 0 radical (unpaired) electrons. The maximum absolute atomic E-state index is 10.6. The Morgan fingerprint density at radius 3 is 2.10 bits per heavy atom. The maximum Gasteiger partial charge on any atom is 0.119 e. The number of benzene rings is 1. The molecule has 0 aliphatic carbocycles. The summed E-state index contributed by atoms with van der Waals surface area (Å²) < 4.78 is 11.4. The topological polar surface area (TPSA) is 38.7 Å². The van der Waals surface area contributed by atoms with Crippen LogP contribution in [0.4, 0.5) is 0 Å². The molecule has 3 heteroatoms. The maximum atomic E-state index is 10.6. The predicted octanol–water partition coefficient (Wildman–Crippen LogP) is 3.57. The second kappa shape index (κ2) is 6.15. The third-order valence-corrected chi connectivity index (χ3v) is 4.28. The standard InChI is InChI=1S/C17H26O3/c1-10(2)19-15-8-6-14(7-9-15)17(18)16-11(3)12(4)20-13(16)5/h6-13,16-18H,1-5H3. The van der Waals surface area contributed by atoms with Gasteiger partial charge in [0.05, 0.1) is 24.4 Å². The molecule has 0 bridgehead atoms. The van der Waals surface area contributed by atoms with E-state index in [1.54, 1.807) is 0 Å². The van der Waals surface area contributed by atoms with E-state index >= 15 is 0 Å². The fourth-order valence-corrected chi connectivity index (χ4v) is 3.08. The first kappa shape index (κ1) is 15.3. The molecular formula is C17H26O3. The van der Waals surface area contributed by atoms with Gasteiger partial charge in [-0.05, 0) is 51.3 Å². The van der Waals surface area contributed by atoms with E-state index in [1.807, 2.05) is 45.0 Å². The number of aliphatic hydroxyl groups excluding tert-OH is 1. The van der Waals surface area contributed by atoms with Crippen LogP contribution in [0.2, 0.25) is 0 Å². The van der Waals surface area contributed by atoms with Crippen molar-refractivity contribution >= 4 is 0 Å². The van der Waals surface area contributed by atoms with Gasteiger partial charge >= 0.3 is 0 Å². The van der Waals surface area contributed by atoms with E-state index in [1.165, 1.54) is 0 Å². The van der Waals surface area contributed by atoms with Crippen LogP contribution in [0.1, 0.15) is 46.3 Å². The highest BCUT2D eigenvalue weighted by Gasteiger charge is 2.41. The van der Waals surface area contributed by atoms with Crippen molar-refractivity contribution in [2.75, 3.05) is 0 Å². The molecule has 1 aromatic rings. The summed E-state index contributed by atoms with van der Waals surface area (Å²) in [7, 11) is 0. The van der Waals surface area contributed by atoms with E-state index in [0.29, 0.717) is 5.92 Å². The minimum absolute atomic E-state index is 0.0848. The number of hydrogen-bond donors (Lipinski definition) is 1. The molecule has 1 aromatic carbocycles. The van der Waals surface area contributed by atoms with Crippen molar-refractivity contribution in [3.05, 3.63) is 29.8 Å². The largest absolute Gasteiger partial charge is 0.491 e. The van der Waals surface area contributed by atoms with Crippen molar-refractivity contribution in [1.29, 1.82) is 0 Å². The number of ether oxygens (including phenoxy) is 2. The molecule has 1 fully saturated rings. The van der Waals surface area contributed by atoms with Gasteiger partial charge in [-0.2, -0.15) is 0 Å². The van der Waals surface area contributed by atoms with E-state index in [-0.39, 0.29) is 24.2 Å². The lowest BCUT2D eigenvalue weighted by Gasteiger charge is -2.25. The average Bonchev–Trinajstić information content (AvgIpc) is 2.63. The van der Waals surface area contributed by atoms with Gasteiger partial charge in [-0.3, -0.25) is 0 Å². The fraction of sp³-hybridized carbons (Fsp3) is 0.647. The number of rotatable bonds is 4. The Bertz CT molecular complexity index is 426. The van der Waals surface area contributed by atoms with Gasteiger partial charge in [-0.1, -0.05) is 19.1 Å². The molecule has 1 heterocycles. The molecule has 1 aliphatic rings. The lowest BCUT2D eigenvalue weighted by molar-refractivity contribution is 0.0231. The zero-order chi connectivity index (χ0) is 14.9. The van der Waals surface area contributed by atoms with Crippen LogP contribution in [0.25, 0.3) is 0 Å². The van der Waals surface area contributed by atoms with Gasteiger partial charge in [-0.25, -0.2) is 0 Å². The minimum Gasteiger partial charge on any atom is -0.491 e. The normalized spacial score (nSPS) is 31.6. The summed E-state index contributed by atoms with van der Waals surface area (Å²) in [4.78, 5) is 0. The molecule has 0 amide bonds. The van der Waals surface area contributed by atoms with E-state index < -0.39 is 6.10 Å². The van der Waals surface area contributed by atoms with Crippen molar-refractivity contribution in [1.82, 2.24) is 0 Å². The summed E-state index contributed by atoms with van der Waals surface area (Å²) >= 11 is 0. The van der Waals surface area contributed by atoms with E-state index in [0.717, 1.165) is 11.3 Å². The monoisotopic (exact) mass is 278 g/mol. The summed E-state index contributed by atoms with van der Waals surface area (Å²) in [6.07, 6.45) is -0.0391. The molecule has 1 N–H and O–H groups in total. The summed E-state index contributed by atoms with van der Waals surface area (Å²) in [5.74, 6) is 1.33. The summed E-state index contributed by atoms with van der Waals surface area (Å²) in [6, 6.07) is 7.75. The van der Waals surface area contributed by atoms with Crippen LogP contribution in [0.3, 0.4) is 0 Å². The van der Waals surface area contributed by atoms with Gasteiger partial charge in [0.25, 0.3) is 0 Å². The van der Waals surface area contributed by atoms with Gasteiger partial charge in [0.15, 0.2) is 0 Å². The Balaban J connectivity index is 2.11. The second-order valence-electron chi connectivity index (χ2n) is 6.16. The summed E-state index contributed by atoms with van der Waals surface area (Å²) in [6.45, 7) is 10.3. The molecule has 112 valence electrons. The van der Waals surface area contributed by atoms with Crippen molar-refractivity contribution < 1.29 is 14.6 Å². The van der Waals surface area contributed by atoms with Gasteiger partial charge in [-0.15, -0.1) is 0 Å². The van der Waals surface area contributed by atoms with E-state index in [4.69, 9.17) is 9.47 Å². The van der Waals surface area contributed by atoms with Crippen molar-refractivity contribution in [2.45, 2.75) is 59.0 Å². The molecule has 3 nitrogen and oxygen atoms in total. The smallest absolute Gasteiger partial charge is 0.119 e. The Morgan fingerprint density at radius 2 is 1.65 bits per heavy atom. The van der Waals surface area contributed by atoms with Gasteiger partial charge in [0.2, 0.25) is 0 Å². The fourth-order valence-electron chi connectivity index (χ4n) is 3.08. The van der Waals surface area contributed by atoms with E-state index in [9.17, 15) is 5.11 Å². The number of aliphatic hydroxyl groups is 1. The number of hydrogen-bond acceptors (Lipinski definition) is 3. The first-order chi connectivity index (χ1) is 9.40. The van der Waals surface area contributed by atoms with Gasteiger partial charge < -0.3 is 14.6 Å². The highest BCUT2D eigenvalue weighted by atomic mass is 16.5. The Hall–Kier alpha value is -1.06. The quantitative estimate of drug-likeness (QED) is 0.915. The van der Waals surface area contributed by atoms with Gasteiger partial charge in [0, 0.05) is 5.92 Å². The molecule has 0 aromatic heterocycles. The van der Waals surface area contributed by atoms with Crippen LogP contribution in [-0.2, 0) is 4.74 Å². The third kappa shape index (κ3) is 3.15. The Morgan fingerprint density at radius 1 is 1.05 bits per heavy atom. The first-order valence-corrected chi connectivity index (χ1v) is 7.50. The predicted molar refractivity (Wildman–Crippen MR) is 79.8 cm³/mol. The van der Waals surface area contributed by atoms with Crippen molar-refractivity contribution in [2.24, 2.45) is 11.8 Å².